The first-order valence-electron chi connectivity index (χ1n) is 8.93. The summed E-state index contributed by atoms with van der Waals surface area (Å²) in [6.07, 6.45) is 1.45. The maximum atomic E-state index is 13.1. The molecule has 4 aromatic rings. The average Bonchev–Trinajstić information content (AvgIpc) is 3.02. The minimum Gasteiger partial charge on any atom is -0.325 e. The number of hydrogen-bond donors (Lipinski definition) is 1. The van der Waals surface area contributed by atoms with Crippen LogP contribution in [0.1, 0.15) is 10.4 Å². The molecule has 6 heteroatoms. The average molecular weight is 389 g/mol. The predicted octanol–water partition coefficient (Wildman–Crippen LogP) is 4.38. The topological polar surface area (TPSA) is 64.0 Å². The summed E-state index contributed by atoms with van der Waals surface area (Å²) in [4.78, 5) is 31.7. The maximum Gasteiger partial charge on any atom is 0.263 e. The summed E-state index contributed by atoms with van der Waals surface area (Å²) in [5.41, 5.74) is 3.54. The number of thiophene rings is 1. The van der Waals surface area contributed by atoms with E-state index in [4.69, 9.17) is 0 Å². The molecule has 5 nitrogen and oxygen atoms in total. The lowest BCUT2D eigenvalue weighted by Gasteiger charge is -2.08. The molecule has 0 spiro atoms. The Hall–Kier alpha value is -3.25. The third-order valence-electron chi connectivity index (χ3n) is 4.57. The minimum absolute atomic E-state index is 0.0844. The highest BCUT2D eigenvalue weighted by Crippen LogP contribution is 2.35. The Morgan fingerprint density at radius 2 is 1.79 bits per heavy atom. The van der Waals surface area contributed by atoms with Crippen molar-refractivity contribution in [2.45, 2.75) is 20.4 Å². The molecule has 2 aromatic heterocycles. The molecule has 0 atom stereocenters. The monoisotopic (exact) mass is 389 g/mol. The van der Waals surface area contributed by atoms with E-state index in [9.17, 15) is 9.59 Å². The van der Waals surface area contributed by atoms with Crippen molar-refractivity contribution in [3.8, 4) is 11.1 Å². The van der Waals surface area contributed by atoms with Gasteiger partial charge in [0, 0.05) is 16.1 Å². The number of benzene rings is 2. The summed E-state index contributed by atoms with van der Waals surface area (Å²) in [7, 11) is 0. The van der Waals surface area contributed by atoms with Gasteiger partial charge in [0.05, 0.1) is 11.7 Å². The Kier molecular flexibility index (Phi) is 4.79. The summed E-state index contributed by atoms with van der Waals surface area (Å²) in [5.74, 6) is -0.265. The summed E-state index contributed by atoms with van der Waals surface area (Å²) < 4.78 is 1.37. The number of carbonyl (C=O) groups is 1. The molecule has 0 unspecified atom stereocenters. The number of aryl methyl sites for hydroxylation is 2. The van der Waals surface area contributed by atoms with Crippen LogP contribution >= 0.6 is 11.3 Å². The summed E-state index contributed by atoms with van der Waals surface area (Å²) in [5, 5.41) is 3.37. The minimum atomic E-state index is -0.265. The highest BCUT2D eigenvalue weighted by molar-refractivity contribution is 7.19. The van der Waals surface area contributed by atoms with Crippen LogP contribution in [0, 0.1) is 13.8 Å². The fourth-order valence-electron chi connectivity index (χ4n) is 3.19. The van der Waals surface area contributed by atoms with Crippen LogP contribution in [-0.4, -0.2) is 15.5 Å². The van der Waals surface area contributed by atoms with Crippen LogP contribution in [0.2, 0.25) is 0 Å². The zero-order valence-electron chi connectivity index (χ0n) is 15.6. The van der Waals surface area contributed by atoms with Gasteiger partial charge in [0.25, 0.3) is 5.56 Å². The van der Waals surface area contributed by atoms with Gasteiger partial charge in [0.1, 0.15) is 11.4 Å². The molecule has 0 radical (unpaired) electrons. The van der Waals surface area contributed by atoms with Gasteiger partial charge in [-0.1, -0.05) is 48.0 Å². The predicted molar refractivity (Wildman–Crippen MR) is 114 cm³/mol. The molecular formula is C22H19N3O2S. The molecule has 1 N–H and O–H groups in total. The van der Waals surface area contributed by atoms with E-state index in [-0.39, 0.29) is 18.0 Å². The molecule has 28 heavy (non-hydrogen) atoms. The Balaban J connectivity index is 1.72. The van der Waals surface area contributed by atoms with Gasteiger partial charge in [-0.05, 0) is 31.5 Å². The molecule has 0 aliphatic carbocycles. The molecule has 1 amide bonds. The smallest absolute Gasteiger partial charge is 0.263 e. The molecule has 0 aliphatic heterocycles. The number of anilines is 1. The van der Waals surface area contributed by atoms with E-state index in [1.54, 1.807) is 12.1 Å². The van der Waals surface area contributed by atoms with Crippen molar-refractivity contribution in [2.24, 2.45) is 0 Å². The van der Waals surface area contributed by atoms with Crippen molar-refractivity contribution in [2.75, 3.05) is 5.32 Å². The lowest BCUT2D eigenvalue weighted by Crippen LogP contribution is -2.27. The van der Waals surface area contributed by atoms with E-state index in [2.05, 4.69) is 10.3 Å². The standard InChI is InChI=1S/C22H19N3O2S/c1-14-8-10-16(11-9-14)19-15(2)28-21-20(19)22(27)25(13-23-21)12-18(26)24-17-6-4-3-5-7-17/h3-11,13H,12H2,1-2H3,(H,24,26). The fourth-order valence-corrected chi connectivity index (χ4v) is 4.20. The van der Waals surface area contributed by atoms with Crippen LogP contribution in [0.25, 0.3) is 21.3 Å². The second-order valence-corrected chi connectivity index (χ2v) is 7.87. The molecule has 2 aromatic carbocycles. The third-order valence-corrected chi connectivity index (χ3v) is 5.58. The van der Waals surface area contributed by atoms with Crippen LogP contribution in [0.5, 0.6) is 0 Å². The lowest BCUT2D eigenvalue weighted by molar-refractivity contribution is -0.116. The summed E-state index contributed by atoms with van der Waals surface area (Å²) in [6.45, 7) is 3.94. The number of hydrogen-bond acceptors (Lipinski definition) is 4. The third kappa shape index (κ3) is 3.46. The zero-order valence-corrected chi connectivity index (χ0v) is 16.4. The molecule has 140 valence electrons. The highest BCUT2D eigenvalue weighted by Gasteiger charge is 2.17. The number of amides is 1. The van der Waals surface area contributed by atoms with Crippen molar-refractivity contribution in [3.63, 3.8) is 0 Å². The fraction of sp³-hybridized carbons (Fsp3) is 0.136. The van der Waals surface area contributed by atoms with Gasteiger partial charge in [-0.2, -0.15) is 0 Å². The van der Waals surface area contributed by atoms with Crippen LogP contribution in [0.15, 0.2) is 65.7 Å². The number of nitrogens with one attached hydrogen (secondary N) is 1. The van der Waals surface area contributed by atoms with Crippen molar-refractivity contribution in [1.82, 2.24) is 9.55 Å². The Labute approximate surface area is 166 Å². The molecule has 0 saturated carbocycles. The van der Waals surface area contributed by atoms with E-state index < -0.39 is 0 Å². The van der Waals surface area contributed by atoms with Gasteiger partial charge < -0.3 is 5.32 Å². The largest absolute Gasteiger partial charge is 0.325 e. The van der Waals surface area contributed by atoms with Gasteiger partial charge >= 0.3 is 0 Å². The van der Waals surface area contributed by atoms with E-state index >= 15 is 0 Å². The van der Waals surface area contributed by atoms with Gasteiger partial charge in [-0.15, -0.1) is 11.3 Å². The van der Waals surface area contributed by atoms with Crippen molar-refractivity contribution in [3.05, 3.63) is 81.7 Å². The van der Waals surface area contributed by atoms with E-state index in [1.165, 1.54) is 22.2 Å². The SMILES string of the molecule is Cc1ccc(-c2c(C)sc3ncn(CC(=O)Nc4ccccc4)c(=O)c23)cc1. The molecular weight excluding hydrogens is 370 g/mol. The van der Waals surface area contributed by atoms with Crippen LogP contribution in [0.3, 0.4) is 0 Å². The summed E-state index contributed by atoms with van der Waals surface area (Å²) >= 11 is 1.50. The Morgan fingerprint density at radius 3 is 2.50 bits per heavy atom. The number of fused-ring (bicyclic) bond motifs is 1. The number of para-hydroxylation sites is 1. The van der Waals surface area contributed by atoms with Crippen molar-refractivity contribution < 1.29 is 4.79 Å². The second-order valence-electron chi connectivity index (χ2n) is 6.67. The van der Waals surface area contributed by atoms with E-state index in [1.807, 2.05) is 56.3 Å². The van der Waals surface area contributed by atoms with Crippen molar-refractivity contribution in [1.29, 1.82) is 0 Å². The van der Waals surface area contributed by atoms with Gasteiger partial charge in [0.2, 0.25) is 5.91 Å². The molecule has 0 saturated heterocycles. The Bertz CT molecular complexity index is 1210. The highest BCUT2D eigenvalue weighted by atomic mass is 32.1. The second kappa shape index (κ2) is 7.40. The normalized spacial score (nSPS) is 10.9. The van der Waals surface area contributed by atoms with Gasteiger partial charge in [0.15, 0.2) is 0 Å². The quantitative estimate of drug-likeness (QED) is 0.563. The number of nitrogens with zero attached hydrogens (tertiary/aromatic N) is 2. The summed E-state index contributed by atoms with van der Waals surface area (Å²) in [6, 6.07) is 17.3. The van der Waals surface area contributed by atoms with Gasteiger partial charge in [-0.25, -0.2) is 4.98 Å². The van der Waals surface area contributed by atoms with E-state index in [0.717, 1.165) is 21.6 Å². The molecule has 4 rings (SSSR count). The molecule has 0 aliphatic rings. The number of carbonyl (C=O) groups excluding carboxylic acids is 1. The molecule has 0 fully saturated rings. The number of rotatable bonds is 4. The van der Waals surface area contributed by atoms with Gasteiger partial charge in [-0.3, -0.25) is 14.2 Å². The van der Waals surface area contributed by atoms with E-state index in [0.29, 0.717) is 15.9 Å². The van der Waals surface area contributed by atoms with Crippen LogP contribution < -0.4 is 10.9 Å². The first kappa shape index (κ1) is 18.1. The molecule has 2 heterocycles. The number of aromatic nitrogens is 2. The molecule has 0 bridgehead atoms. The zero-order chi connectivity index (χ0) is 19.7. The first-order valence-corrected chi connectivity index (χ1v) is 9.75. The van der Waals surface area contributed by atoms with Crippen LogP contribution in [0.4, 0.5) is 5.69 Å². The lowest BCUT2D eigenvalue weighted by atomic mass is 10.0. The maximum absolute atomic E-state index is 13.1. The van der Waals surface area contributed by atoms with Crippen molar-refractivity contribution >= 4 is 33.1 Å². The Morgan fingerprint density at radius 1 is 1.07 bits per heavy atom. The van der Waals surface area contributed by atoms with Crippen LogP contribution in [-0.2, 0) is 11.3 Å². The first-order chi connectivity index (χ1) is 13.5.